The summed E-state index contributed by atoms with van der Waals surface area (Å²) in [6.45, 7) is 0. The smallest absolute Gasteiger partial charge is 1.00 e. The first-order valence-electron chi connectivity index (χ1n) is 5.69. The summed E-state index contributed by atoms with van der Waals surface area (Å²) in [5, 5.41) is 16.3. The molecule has 0 fully saturated rings. The van der Waals surface area contributed by atoms with Crippen LogP contribution in [0.15, 0.2) is 0 Å². The monoisotopic (exact) mass is 384 g/mol. The molecule has 0 heterocycles. The summed E-state index contributed by atoms with van der Waals surface area (Å²) in [6.07, 6.45) is 9.42. The van der Waals surface area contributed by atoms with Gasteiger partial charge < -0.3 is 11.6 Å². The van der Waals surface area contributed by atoms with Gasteiger partial charge in [0.1, 0.15) is 0 Å². The second-order valence-corrected chi connectivity index (χ2v) is 5.07. The van der Waals surface area contributed by atoms with Gasteiger partial charge in [0.15, 0.2) is 0 Å². The third-order valence-corrected chi connectivity index (χ3v) is 3.14. The Morgan fingerprint density at radius 3 is 1.12 bits per heavy atom. The number of unbranched alkanes of at least 4 members (excludes halogenated alkanes) is 7. The van der Waals surface area contributed by atoms with Gasteiger partial charge in [-0.3, -0.25) is 0 Å². The largest absolute Gasteiger partial charge is 1.00 e. The molecule has 6 heteroatoms. The molecule has 0 aromatic rings. The van der Waals surface area contributed by atoms with Crippen LogP contribution < -0.4 is 29.6 Å². The fraction of sp³-hybridized carbons (Fsp3) is 0.909. The fourth-order valence-electron chi connectivity index (χ4n) is 1.25. The van der Waals surface area contributed by atoms with E-state index in [0.717, 1.165) is 0 Å². The summed E-state index contributed by atoms with van der Waals surface area (Å²) in [6, 6.07) is 0. The molecule has 17 heavy (non-hydrogen) atoms. The zero-order chi connectivity index (χ0) is 12.6. The Balaban J connectivity index is -0.000000143. The second kappa shape index (κ2) is 22.4. The maximum Gasteiger partial charge on any atom is 1.00 e. The fourth-order valence-corrected chi connectivity index (χ4v) is 2.04. The standard InChI is InChI=1S/C10H20Br2.CH2O3.Na.H/c11-9-7-5-3-1-2-4-6-8-10-12;2-1(3)4;;/h1-10H2;(H2,2,3,4);;/q;;+1;-1. The molecule has 0 radical (unpaired) electrons. The molecule has 100 valence electrons. The number of carbonyl (C=O) groups is 1. The van der Waals surface area contributed by atoms with Crippen molar-refractivity contribution in [1.29, 1.82) is 0 Å². The van der Waals surface area contributed by atoms with Gasteiger partial charge in [-0.1, -0.05) is 70.4 Å². The number of hydrogen-bond acceptors (Lipinski definition) is 1. The Labute approximate surface area is 145 Å². The van der Waals surface area contributed by atoms with Crippen LogP contribution in [-0.2, 0) is 0 Å². The van der Waals surface area contributed by atoms with Crippen LogP contribution in [0.5, 0.6) is 0 Å². The first-order chi connectivity index (χ1) is 7.65. The molecule has 0 saturated carbocycles. The molecule has 0 spiro atoms. The average molecular weight is 386 g/mol. The van der Waals surface area contributed by atoms with Crippen LogP contribution in [0.4, 0.5) is 4.79 Å². The van der Waals surface area contributed by atoms with E-state index in [-0.39, 0.29) is 31.0 Å². The van der Waals surface area contributed by atoms with Crippen LogP contribution in [0.2, 0.25) is 0 Å². The number of alkyl halides is 2. The molecular weight excluding hydrogens is 363 g/mol. The van der Waals surface area contributed by atoms with Crippen molar-refractivity contribution in [2.75, 3.05) is 10.7 Å². The Morgan fingerprint density at radius 2 is 0.941 bits per heavy atom. The van der Waals surface area contributed by atoms with Gasteiger partial charge in [-0.05, 0) is 12.8 Å². The van der Waals surface area contributed by atoms with Crippen LogP contribution in [0.3, 0.4) is 0 Å². The maximum atomic E-state index is 8.56. The molecule has 0 aromatic heterocycles. The molecule has 0 bridgehead atoms. The summed E-state index contributed by atoms with van der Waals surface area (Å²) < 4.78 is 0. The minimum Gasteiger partial charge on any atom is -1.00 e. The van der Waals surface area contributed by atoms with E-state index in [1.807, 2.05) is 0 Å². The number of rotatable bonds is 9. The molecule has 0 aromatic carbocycles. The van der Waals surface area contributed by atoms with Crippen molar-refractivity contribution in [1.82, 2.24) is 0 Å². The second-order valence-electron chi connectivity index (χ2n) is 3.49. The third kappa shape index (κ3) is 38.2. The van der Waals surface area contributed by atoms with Gasteiger partial charge in [-0.2, -0.15) is 0 Å². The zero-order valence-corrected chi connectivity index (χ0v) is 15.8. The minimum atomic E-state index is -1.83. The summed E-state index contributed by atoms with van der Waals surface area (Å²) in [5.41, 5.74) is 0. The van der Waals surface area contributed by atoms with Gasteiger partial charge >= 0.3 is 35.7 Å². The summed E-state index contributed by atoms with van der Waals surface area (Å²) in [5.74, 6) is 0. The van der Waals surface area contributed by atoms with Crippen LogP contribution >= 0.6 is 31.9 Å². The van der Waals surface area contributed by atoms with Crippen molar-refractivity contribution >= 4 is 38.0 Å². The van der Waals surface area contributed by atoms with Crippen molar-refractivity contribution in [2.24, 2.45) is 0 Å². The minimum absolute atomic E-state index is 0. The van der Waals surface area contributed by atoms with E-state index in [4.69, 9.17) is 15.0 Å². The molecule has 0 rings (SSSR count). The Bertz CT molecular complexity index is 140. The molecule has 0 amide bonds. The van der Waals surface area contributed by atoms with Gasteiger partial charge in [-0.25, -0.2) is 4.79 Å². The van der Waals surface area contributed by atoms with Gasteiger partial charge in [0.05, 0.1) is 0 Å². The Morgan fingerprint density at radius 1 is 0.765 bits per heavy atom. The molecule has 0 aliphatic heterocycles. The predicted molar refractivity (Wildman–Crippen MR) is 76.3 cm³/mol. The first-order valence-corrected chi connectivity index (χ1v) is 7.93. The van der Waals surface area contributed by atoms with E-state index in [1.54, 1.807) is 0 Å². The van der Waals surface area contributed by atoms with Gasteiger partial charge in [0, 0.05) is 10.7 Å². The van der Waals surface area contributed by atoms with Gasteiger partial charge in [0.25, 0.3) is 0 Å². The van der Waals surface area contributed by atoms with E-state index in [1.165, 1.54) is 62.0 Å². The molecule has 0 aliphatic carbocycles. The topological polar surface area (TPSA) is 57.5 Å². The zero-order valence-electron chi connectivity index (χ0n) is 11.6. The maximum absolute atomic E-state index is 8.56. The number of hydrogen-bond donors (Lipinski definition) is 2. The third-order valence-electron chi connectivity index (χ3n) is 2.02. The van der Waals surface area contributed by atoms with Gasteiger partial charge in [0.2, 0.25) is 0 Å². The van der Waals surface area contributed by atoms with Crippen molar-refractivity contribution < 1.29 is 46.0 Å². The SMILES string of the molecule is BrCCCCCCCCCCBr.O=C(O)O.[H-].[Na+]. The summed E-state index contributed by atoms with van der Waals surface area (Å²) in [4.78, 5) is 8.56. The van der Waals surface area contributed by atoms with Crippen LogP contribution in [-0.4, -0.2) is 27.0 Å². The summed E-state index contributed by atoms with van der Waals surface area (Å²) in [7, 11) is 0. The van der Waals surface area contributed by atoms with Crippen LogP contribution in [0.25, 0.3) is 0 Å². The van der Waals surface area contributed by atoms with Crippen LogP contribution in [0.1, 0.15) is 52.8 Å². The van der Waals surface area contributed by atoms with Crippen molar-refractivity contribution in [3.05, 3.63) is 0 Å². The molecule has 0 saturated heterocycles. The van der Waals surface area contributed by atoms with Gasteiger partial charge in [-0.15, -0.1) is 0 Å². The Kier molecular flexibility index (Phi) is 30.8. The van der Waals surface area contributed by atoms with E-state index in [9.17, 15) is 0 Å². The number of carboxylic acid groups (broad SMARTS) is 2. The average Bonchev–Trinajstić information content (AvgIpc) is 2.21. The molecule has 0 unspecified atom stereocenters. The van der Waals surface area contributed by atoms with Crippen molar-refractivity contribution in [2.45, 2.75) is 51.4 Å². The number of halogens is 2. The normalized spacial score (nSPS) is 8.82. The van der Waals surface area contributed by atoms with E-state index >= 15 is 0 Å². The molecule has 2 N–H and O–H groups in total. The Hall–Kier alpha value is 1.23. The van der Waals surface area contributed by atoms with E-state index in [0.29, 0.717) is 0 Å². The summed E-state index contributed by atoms with van der Waals surface area (Å²) >= 11 is 6.90. The molecular formula is C11H23Br2NaO3. The molecule has 0 aliphatic rings. The molecule has 0 atom stereocenters. The van der Waals surface area contributed by atoms with Crippen molar-refractivity contribution in [3.8, 4) is 0 Å². The quantitative estimate of drug-likeness (QED) is 0.363. The van der Waals surface area contributed by atoms with Crippen LogP contribution in [0, 0.1) is 0 Å². The predicted octanol–water partition coefficient (Wildman–Crippen LogP) is 2.24. The van der Waals surface area contributed by atoms with E-state index < -0.39 is 6.16 Å². The van der Waals surface area contributed by atoms with Crippen molar-refractivity contribution in [3.63, 3.8) is 0 Å². The van der Waals surface area contributed by atoms with E-state index in [2.05, 4.69) is 31.9 Å². The first kappa shape index (κ1) is 23.3. The molecule has 3 nitrogen and oxygen atoms in total.